The zero-order chi connectivity index (χ0) is 18.6. The highest BCUT2D eigenvalue weighted by atomic mass is 32.1. The molecule has 3 heterocycles. The Kier molecular flexibility index (Phi) is 4.10. The minimum Gasteiger partial charge on any atom is -0.489 e. The van der Waals surface area contributed by atoms with Gasteiger partial charge < -0.3 is 14.2 Å². The molecule has 4 rings (SSSR count). The van der Waals surface area contributed by atoms with E-state index in [1.165, 1.54) is 0 Å². The molecule has 2 atom stereocenters. The Morgan fingerprint density at radius 2 is 2.00 bits per heavy atom. The minimum atomic E-state index is -0.423. The van der Waals surface area contributed by atoms with Gasteiger partial charge in [-0.25, -0.2) is 0 Å². The molecule has 0 saturated carbocycles. The molecule has 138 valence electrons. The zero-order valence-corrected chi connectivity index (χ0v) is 16.5. The summed E-state index contributed by atoms with van der Waals surface area (Å²) in [6.07, 6.45) is 6.91. The number of hydrogen-bond donors (Lipinski definition) is 0. The SMILES string of the molecule is CCCC1CC(=S)Oc2c3c(c4c(c21)OC(C)(C)C=C4)OC(C)CC3=O. The van der Waals surface area contributed by atoms with Crippen molar-refractivity contribution in [3.8, 4) is 17.2 Å². The second kappa shape index (κ2) is 6.08. The summed E-state index contributed by atoms with van der Waals surface area (Å²) in [7, 11) is 0. The van der Waals surface area contributed by atoms with Crippen molar-refractivity contribution in [1.82, 2.24) is 0 Å². The van der Waals surface area contributed by atoms with Crippen LogP contribution in [0.1, 0.15) is 80.8 Å². The summed E-state index contributed by atoms with van der Waals surface area (Å²) in [5.41, 5.74) is 1.95. The highest BCUT2D eigenvalue weighted by Crippen LogP contribution is 2.55. The van der Waals surface area contributed by atoms with E-state index in [-0.39, 0.29) is 17.8 Å². The van der Waals surface area contributed by atoms with Crippen LogP contribution in [0.15, 0.2) is 6.08 Å². The average molecular weight is 372 g/mol. The molecule has 0 fully saturated rings. The quantitative estimate of drug-likeness (QED) is 0.666. The fourth-order valence-corrected chi connectivity index (χ4v) is 4.36. The molecule has 5 heteroatoms. The normalized spacial score (nSPS) is 25.4. The van der Waals surface area contributed by atoms with Gasteiger partial charge in [-0.15, -0.1) is 0 Å². The second-order valence-corrected chi connectivity index (χ2v) is 8.40. The van der Waals surface area contributed by atoms with Crippen LogP contribution in [0.2, 0.25) is 0 Å². The molecule has 0 N–H and O–H groups in total. The first-order valence-corrected chi connectivity index (χ1v) is 9.74. The van der Waals surface area contributed by atoms with Gasteiger partial charge in [0.25, 0.3) is 0 Å². The fraction of sp³-hybridized carbons (Fsp3) is 0.524. The third kappa shape index (κ3) is 2.73. The number of hydrogen-bond acceptors (Lipinski definition) is 5. The fourth-order valence-electron chi connectivity index (χ4n) is 4.08. The van der Waals surface area contributed by atoms with Gasteiger partial charge in [0.1, 0.15) is 34.5 Å². The van der Waals surface area contributed by atoms with Crippen LogP contribution in [0.4, 0.5) is 0 Å². The first-order valence-electron chi connectivity index (χ1n) is 9.33. The number of fused-ring (bicyclic) bond motifs is 6. The van der Waals surface area contributed by atoms with E-state index in [1.54, 1.807) is 0 Å². The van der Waals surface area contributed by atoms with Gasteiger partial charge in [0.15, 0.2) is 10.8 Å². The summed E-state index contributed by atoms with van der Waals surface area (Å²) in [6.45, 7) is 8.12. The Labute approximate surface area is 159 Å². The summed E-state index contributed by atoms with van der Waals surface area (Å²) < 4.78 is 18.4. The van der Waals surface area contributed by atoms with Gasteiger partial charge in [0.2, 0.25) is 0 Å². The van der Waals surface area contributed by atoms with Crippen molar-refractivity contribution < 1.29 is 19.0 Å². The lowest BCUT2D eigenvalue weighted by Gasteiger charge is -2.38. The predicted octanol–water partition coefficient (Wildman–Crippen LogP) is 5.22. The van der Waals surface area contributed by atoms with E-state index in [1.807, 2.05) is 32.9 Å². The Morgan fingerprint density at radius 1 is 1.23 bits per heavy atom. The Hall–Kier alpha value is -1.88. The van der Waals surface area contributed by atoms with Gasteiger partial charge in [0, 0.05) is 18.4 Å². The summed E-state index contributed by atoms with van der Waals surface area (Å²) in [6, 6.07) is 0. The third-order valence-electron chi connectivity index (χ3n) is 5.19. The van der Waals surface area contributed by atoms with E-state index in [0.717, 1.165) is 29.7 Å². The van der Waals surface area contributed by atoms with Crippen LogP contribution < -0.4 is 14.2 Å². The van der Waals surface area contributed by atoms with Crippen LogP contribution >= 0.6 is 12.2 Å². The molecule has 26 heavy (non-hydrogen) atoms. The summed E-state index contributed by atoms with van der Waals surface area (Å²) in [4.78, 5) is 12.9. The van der Waals surface area contributed by atoms with Crippen LogP contribution in [-0.2, 0) is 0 Å². The molecule has 0 amide bonds. The lowest BCUT2D eigenvalue weighted by Crippen LogP contribution is -2.33. The number of rotatable bonds is 2. The smallest absolute Gasteiger partial charge is 0.174 e. The molecule has 4 nitrogen and oxygen atoms in total. The van der Waals surface area contributed by atoms with E-state index in [2.05, 4.69) is 6.92 Å². The Balaban J connectivity index is 2.03. The first-order chi connectivity index (χ1) is 12.3. The van der Waals surface area contributed by atoms with E-state index in [9.17, 15) is 4.79 Å². The summed E-state index contributed by atoms with van der Waals surface area (Å²) >= 11 is 5.41. The van der Waals surface area contributed by atoms with Gasteiger partial charge in [-0.2, -0.15) is 0 Å². The molecule has 0 saturated heterocycles. The van der Waals surface area contributed by atoms with Crippen molar-refractivity contribution in [2.45, 2.75) is 71.0 Å². The van der Waals surface area contributed by atoms with Crippen LogP contribution in [-0.4, -0.2) is 22.5 Å². The third-order valence-corrected chi connectivity index (χ3v) is 5.44. The lowest BCUT2D eigenvalue weighted by molar-refractivity contribution is 0.0863. The standard InChI is InChI=1S/C21H24O4S/c1-5-6-12-10-15(26)24-20-16(12)19-13(7-8-21(3,4)25-19)18-17(20)14(22)9-11(2)23-18/h7-8,11-12H,5-6,9-10H2,1-4H3. The number of ketones is 1. The number of benzene rings is 1. The highest BCUT2D eigenvalue weighted by molar-refractivity contribution is 7.80. The maximum absolute atomic E-state index is 12.9. The Morgan fingerprint density at radius 3 is 2.73 bits per heavy atom. The number of carbonyl (C=O) groups excluding carboxylic acids is 1. The lowest BCUT2D eigenvalue weighted by atomic mass is 9.82. The van der Waals surface area contributed by atoms with Crippen LogP contribution in [0.25, 0.3) is 6.08 Å². The molecule has 1 aromatic carbocycles. The van der Waals surface area contributed by atoms with Crippen LogP contribution in [0.5, 0.6) is 17.2 Å². The zero-order valence-electron chi connectivity index (χ0n) is 15.7. The van der Waals surface area contributed by atoms with Gasteiger partial charge in [-0.05, 0) is 57.5 Å². The Bertz CT molecular complexity index is 837. The number of ether oxygens (including phenoxy) is 3. The van der Waals surface area contributed by atoms with E-state index >= 15 is 0 Å². The van der Waals surface area contributed by atoms with Crippen molar-refractivity contribution in [2.75, 3.05) is 0 Å². The van der Waals surface area contributed by atoms with E-state index < -0.39 is 5.60 Å². The van der Waals surface area contributed by atoms with Crippen LogP contribution in [0, 0.1) is 0 Å². The van der Waals surface area contributed by atoms with Crippen molar-refractivity contribution in [2.24, 2.45) is 0 Å². The van der Waals surface area contributed by atoms with E-state index in [4.69, 9.17) is 26.4 Å². The number of thiocarbonyl (C=S) groups is 1. The second-order valence-electron chi connectivity index (χ2n) is 7.95. The molecular formula is C21H24O4S. The van der Waals surface area contributed by atoms with Gasteiger partial charge >= 0.3 is 0 Å². The first kappa shape index (κ1) is 17.5. The van der Waals surface area contributed by atoms with E-state index in [0.29, 0.717) is 35.0 Å². The van der Waals surface area contributed by atoms with Gasteiger partial charge in [-0.1, -0.05) is 13.3 Å². The summed E-state index contributed by atoms with van der Waals surface area (Å²) in [5, 5.41) is 0.537. The van der Waals surface area contributed by atoms with Crippen molar-refractivity contribution in [1.29, 1.82) is 0 Å². The number of carbonyl (C=O) groups is 1. The molecular weight excluding hydrogens is 348 g/mol. The molecule has 3 aliphatic rings. The maximum atomic E-state index is 12.9. The van der Waals surface area contributed by atoms with Gasteiger partial charge in [0.05, 0.1) is 5.56 Å². The van der Waals surface area contributed by atoms with Crippen LogP contribution in [0.3, 0.4) is 0 Å². The van der Waals surface area contributed by atoms with Crippen molar-refractivity contribution >= 4 is 29.1 Å². The van der Waals surface area contributed by atoms with Crippen molar-refractivity contribution in [3.63, 3.8) is 0 Å². The van der Waals surface area contributed by atoms with Crippen molar-refractivity contribution in [3.05, 3.63) is 22.8 Å². The topological polar surface area (TPSA) is 44.8 Å². The molecule has 0 aliphatic carbocycles. The molecule has 1 aromatic rings. The molecule has 0 radical (unpaired) electrons. The largest absolute Gasteiger partial charge is 0.489 e. The summed E-state index contributed by atoms with van der Waals surface area (Å²) in [5.74, 6) is 2.18. The molecule has 3 aliphatic heterocycles. The minimum absolute atomic E-state index is 0.0518. The average Bonchev–Trinajstić information content (AvgIpc) is 2.52. The predicted molar refractivity (Wildman–Crippen MR) is 105 cm³/mol. The number of Topliss-reactive ketones (excluding diaryl/α,β-unsaturated/α-hetero) is 1. The van der Waals surface area contributed by atoms with Gasteiger partial charge in [-0.3, -0.25) is 4.79 Å². The molecule has 0 aromatic heterocycles. The maximum Gasteiger partial charge on any atom is 0.174 e. The molecule has 0 bridgehead atoms. The molecule has 2 unspecified atom stereocenters. The highest BCUT2D eigenvalue weighted by Gasteiger charge is 2.41. The molecule has 0 spiro atoms. The monoisotopic (exact) mass is 372 g/mol.